The van der Waals surface area contributed by atoms with Crippen molar-refractivity contribution in [3.05, 3.63) is 0 Å². The van der Waals surface area contributed by atoms with Gasteiger partial charge in [0.25, 0.3) is 0 Å². The zero-order valence-corrected chi connectivity index (χ0v) is 18.2. The van der Waals surface area contributed by atoms with Crippen molar-refractivity contribution in [1.29, 1.82) is 0 Å². The Morgan fingerprint density at radius 1 is 1.12 bits per heavy atom. The second kappa shape index (κ2) is 9.85. The maximum absolute atomic E-state index is 11.6. The van der Waals surface area contributed by atoms with Gasteiger partial charge in [-0.3, -0.25) is 4.99 Å². The summed E-state index contributed by atoms with van der Waals surface area (Å²) in [5.41, 5.74) is 0. The quantitative estimate of drug-likeness (QED) is 0.354. The number of sulfone groups is 1. The summed E-state index contributed by atoms with van der Waals surface area (Å²) in [4.78, 5) is 4.72. The number of aliphatic imine (C=N–C) groups is 1. The first kappa shape index (κ1) is 20.6. The molecule has 0 radical (unpaired) electrons. The summed E-state index contributed by atoms with van der Waals surface area (Å²) in [6, 6.07) is 0.532. The van der Waals surface area contributed by atoms with Gasteiger partial charge in [-0.15, -0.1) is 24.0 Å². The molecule has 5 nitrogen and oxygen atoms in total. The van der Waals surface area contributed by atoms with Crippen LogP contribution < -0.4 is 10.6 Å². The Kier molecular flexibility index (Phi) is 8.46. The average Bonchev–Trinajstić information content (AvgIpc) is 3.24. The summed E-state index contributed by atoms with van der Waals surface area (Å²) in [6.45, 7) is 1.59. The minimum Gasteiger partial charge on any atom is -0.355 e. The minimum atomic E-state index is -2.80. The van der Waals surface area contributed by atoms with Crippen molar-refractivity contribution < 1.29 is 8.42 Å². The van der Waals surface area contributed by atoms with Crippen molar-refractivity contribution in [3.8, 4) is 0 Å². The van der Waals surface area contributed by atoms with Gasteiger partial charge in [0.15, 0.2) is 15.8 Å². The molecule has 140 valence electrons. The molecule has 3 aliphatic rings. The summed E-state index contributed by atoms with van der Waals surface area (Å²) < 4.78 is 23.2. The lowest BCUT2D eigenvalue weighted by atomic mass is 10.1. The molecule has 0 amide bonds. The molecule has 0 aromatic heterocycles. The molecule has 2 unspecified atom stereocenters. The number of halogens is 1. The van der Waals surface area contributed by atoms with Crippen LogP contribution in [0.4, 0.5) is 0 Å². The Morgan fingerprint density at radius 2 is 1.92 bits per heavy atom. The molecular formula is C16H30IN3O2S2. The van der Waals surface area contributed by atoms with Crippen LogP contribution in [0.25, 0.3) is 0 Å². The normalized spacial score (nSPS) is 30.2. The number of thioether (sulfide) groups is 1. The van der Waals surface area contributed by atoms with Gasteiger partial charge in [0.2, 0.25) is 0 Å². The summed E-state index contributed by atoms with van der Waals surface area (Å²) in [5.74, 6) is 3.02. The van der Waals surface area contributed by atoms with Gasteiger partial charge >= 0.3 is 0 Å². The van der Waals surface area contributed by atoms with Crippen molar-refractivity contribution in [2.75, 3.05) is 30.3 Å². The maximum atomic E-state index is 11.6. The number of hydrogen-bond donors (Lipinski definition) is 2. The van der Waals surface area contributed by atoms with E-state index in [9.17, 15) is 8.42 Å². The number of guanidine groups is 1. The second-order valence-corrected chi connectivity index (χ2v) is 10.7. The second-order valence-electron chi connectivity index (χ2n) is 7.10. The minimum absolute atomic E-state index is 0. The Hall–Kier alpha value is 0.300. The van der Waals surface area contributed by atoms with Gasteiger partial charge in [-0.1, -0.05) is 12.8 Å². The molecule has 1 aliphatic carbocycles. The molecule has 2 aliphatic heterocycles. The van der Waals surface area contributed by atoms with Crippen molar-refractivity contribution in [3.63, 3.8) is 0 Å². The van der Waals surface area contributed by atoms with Gasteiger partial charge < -0.3 is 10.6 Å². The van der Waals surface area contributed by atoms with Crippen LogP contribution >= 0.6 is 35.7 Å². The van der Waals surface area contributed by atoms with Gasteiger partial charge in [0.1, 0.15) is 0 Å². The predicted molar refractivity (Wildman–Crippen MR) is 113 cm³/mol. The van der Waals surface area contributed by atoms with Crippen LogP contribution in [-0.4, -0.2) is 56.0 Å². The van der Waals surface area contributed by atoms with Crippen LogP contribution in [0.1, 0.15) is 44.9 Å². The Balaban J connectivity index is 0.00000208. The zero-order chi connectivity index (χ0) is 16.1. The summed E-state index contributed by atoms with van der Waals surface area (Å²) >= 11 is 2.05. The van der Waals surface area contributed by atoms with Crippen molar-refractivity contribution >= 4 is 51.5 Å². The maximum Gasteiger partial charge on any atom is 0.191 e. The average molecular weight is 487 g/mol. The van der Waals surface area contributed by atoms with E-state index in [2.05, 4.69) is 10.6 Å². The van der Waals surface area contributed by atoms with E-state index in [0.29, 0.717) is 29.3 Å². The first-order valence-electron chi connectivity index (χ1n) is 8.97. The summed E-state index contributed by atoms with van der Waals surface area (Å²) in [6.07, 6.45) is 8.40. The van der Waals surface area contributed by atoms with E-state index in [0.717, 1.165) is 18.9 Å². The lowest BCUT2D eigenvalue weighted by Crippen LogP contribution is -2.44. The third-order valence-electron chi connectivity index (χ3n) is 5.05. The highest BCUT2D eigenvalue weighted by Crippen LogP contribution is 2.25. The third kappa shape index (κ3) is 6.55. The van der Waals surface area contributed by atoms with Crippen molar-refractivity contribution in [2.24, 2.45) is 10.9 Å². The molecule has 0 spiro atoms. The first-order valence-corrected chi connectivity index (χ1v) is 11.8. The number of hydrogen-bond acceptors (Lipinski definition) is 4. The smallest absolute Gasteiger partial charge is 0.191 e. The standard InChI is InChI=1S/C16H29N3O2S2.HI/c20-23(21)9-7-13(12-23)10-17-16(19-14-4-1-2-5-14)18-11-15-6-3-8-22-15;/h13-15H,1-12H2,(H2,17,18,19);1H. The van der Waals surface area contributed by atoms with Gasteiger partial charge in [-0.2, -0.15) is 11.8 Å². The van der Waals surface area contributed by atoms with E-state index in [-0.39, 0.29) is 29.9 Å². The molecule has 3 rings (SSSR count). The van der Waals surface area contributed by atoms with Crippen LogP contribution in [0.5, 0.6) is 0 Å². The van der Waals surface area contributed by atoms with Crippen LogP contribution in [0.3, 0.4) is 0 Å². The lowest BCUT2D eigenvalue weighted by Gasteiger charge is -2.19. The topological polar surface area (TPSA) is 70.6 Å². The molecule has 0 aromatic rings. The van der Waals surface area contributed by atoms with Crippen molar-refractivity contribution in [1.82, 2.24) is 10.6 Å². The molecule has 3 fully saturated rings. The third-order valence-corrected chi connectivity index (χ3v) is 8.29. The fourth-order valence-corrected chi connectivity index (χ4v) is 6.72. The highest BCUT2D eigenvalue weighted by Gasteiger charge is 2.28. The summed E-state index contributed by atoms with van der Waals surface area (Å²) in [7, 11) is -2.80. The number of rotatable bonds is 5. The van der Waals surface area contributed by atoms with E-state index in [1.54, 1.807) is 0 Å². The first-order chi connectivity index (χ1) is 11.1. The monoisotopic (exact) mass is 487 g/mol. The Bertz CT molecular complexity index is 515. The largest absolute Gasteiger partial charge is 0.355 e. The van der Waals surface area contributed by atoms with E-state index in [1.807, 2.05) is 11.8 Å². The van der Waals surface area contributed by atoms with Crippen LogP contribution in [-0.2, 0) is 9.84 Å². The van der Waals surface area contributed by atoms with Gasteiger partial charge in [0, 0.05) is 24.4 Å². The SMILES string of the molecule is I.O=S1(=O)CCC(CN=C(NCC2CCCS2)NC2CCCC2)C1. The van der Waals surface area contributed by atoms with Crippen LogP contribution in [0.15, 0.2) is 4.99 Å². The number of nitrogens with one attached hydrogen (secondary N) is 2. The molecule has 2 saturated heterocycles. The van der Waals surface area contributed by atoms with E-state index >= 15 is 0 Å². The molecule has 0 aromatic carbocycles. The van der Waals surface area contributed by atoms with E-state index < -0.39 is 9.84 Å². The molecule has 8 heteroatoms. The van der Waals surface area contributed by atoms with Crippen molar-refractivity contribution in [2.45, 2.75) is 56.2 Å². The van der Waals surface area contributed by atoms with E-state index in [1.165, 1.54) is 44.3 Å². The highest BCUT2D eigenvalue weighted by molar-refractivity contribution is 14.0. The molecule has 2 atom stereocenters. The fraction of sp³-hybridized carbons (Fsp3) is 0.938. The molecular weight excluding hydrogens is 457 g/mol. The lowest BCUT2D eigenvalue weighted by molar-refractivity contribution is 0.579. The Labute approximate surface area is 167 Å². The van der Waals surface area contributed by atoms with Gasteiger partial charge in [-0.05, 0) is 43.8 Å². The molecule has 0 bridgehead atoms. The van der Waals surface area contributed by atoms with Crippen LogP contribution in [0.2, 0.25) is 0 Å². The molecule has 2 N–H and O–H groups in total. The highest BCUT2D eigenvalue weighted by atomic mass is 127. The fourth-order valence-electron chi connectivity index (χ4n) is 3.67. The molecule has 1 saturated carbocycles. The van der Waals surface area contributed by atoms with Gasteiger partial charge in [0.05, 0.1) is 11.5 Å². The molecule has 2 heterocycles. The van der Waals surface area contributed by atoms with E-state index in [4.69, 9.17) is 4.99 Å². The molecule has 24 heavy (non-hydrogen) atoms. The van der Waals surface area contributed by atoms with Crippen LogP contribution in [0, 0.1) is 5.92 Å². The Morgan fingerprint density at radius 3 is 2.54 bits per heavy atom. The zero-order valence-electron chi connectivity index (χ0n) is 14.2. The number of nitrogens with zero attached hydrogens (tertiary/aromatic N) is 1. The predicted octanol–water partition coefficient (Wildman–Crippen LogP) is 2.41. The van der Waals surface area contributed by atoms with Gasteiger partial charge in [-0.25, -0.2) is 8.42 Å². The summed E-state index contributed by atoms with van der Waals surface area (Å²) in [5, 5.41) is 7.76.